The maximum atomic E-state index is 17.0. The number of likely N-dealkylation sites (tertiary alicyclic amines) is 2. The van der Waals surface area contributed by atoms with Crippen molar-refractivity contribution >= 4 is 46.2 Å². The predicted octanol–water partition coefficient (Wildman–Crippen LogP) is 9.46. The van der Waals surface area contributed by atoms with Gasteiger partial charge in [0.25, 0.3) is 0 Å². The summed E-state index contributed by atoms with van der Waals surface area (Å²) in [6.07, 6.45) is 8.17. The van der Waals surface area contributed by atoms with Crippen LogP contribution in [0.4, 0.5) is 14.0 Å². The summed E-state index contributed by atoms with van der Waals surface area (Å²) in [5.41, 5.74) is 4.50. The number of rotatable bonds is 13. The van der Waals surface area contributed by atoms with Crippen molar-refractivity contribution in [2.45, 2.75) is 129 Å². The molecule has 0 bridgehead atoms. The van der Waals surface area contributed by atoms with Gasteiger partial charge in [-0.05, 0) is 100 Å². The molecule has 74 heavy (non-hydrogen) atoms. The average molecular weight is 1030 g/mol. The van der Waals surface area contributed by atoms with Gasteiger partial charge in [0.15, 0.2) is 0 Å². The average Bonchev–Trinajstić information content (AvgIpc) is 4.24. The first-order valence-corrected chi connectivity index (χ1v) is 26.6. The lowest BCUT2D eigenvalue weighted by molar-refractivity contribution is -0.138. The number of nitrogens with zero attached hydrogens (tertiary/aromatic N) is 6. The van der Waals surface area contributed by atoms with Crippen LogP contribution in [0.2, 0.25) is 0 Å². The number of aromatic nitrogens is 6. The molecule has 3 fully saturated rings. The highest BCUT2D eigenvalue weighted by molar-refractivity contribution is 7.11. The second-order valence-electron chi connectivity index (χ2n) is 20.9. The number of hydrogen-bond donors (Lipinski definition) is 4. The molecule has 2 aromatic carbocycles. The molecular weight excluding hydrogens is 968 g/mol. The highest BCUT2D eigenvalue weighted by Crippen LogP contribution is 2.48. The molecule has 18 nitrogen and oxygen atoms in total. The van der Waals surface area contributed by atoms with Crippen LogP contribution in [0.15, 0.2) is 55.0 Å². The monoisotopic (exact) mass is 1030 g/mol. The maximum absolute atomic E-state index is 17.0. The van der Waals surface area contributed by atoms with Crippen molar-refractivity contribution in [1.82, 2.24) is 49.9 Å². The number of carbonyl (C=O) groups is 4. The minimum absolute atomic E-state index is 0.0545. The molecule has 0 aliphatic carbocycles. The van der Waals surface area contributed by atoms with E-state index >= 15 is 4.39 Å². The summed E-state index contributed by atoms with van der Waals surface area (Å²) in [6, 6.07) is 9.13. The fourth-order valence-corrected chi connectivity index (χ4v) is 12.6. The third-order valence-corrected chi connectivity index (χ3v) is 15.9. The maximum Gasteiger partial charge on any atom is 0.407 e. The molecule has 0 radical (unpaired) electrons. The van der Waals surface area contributed by atoms with Crippen LogP contribution in [-0.2, 0) is 30.2 Å². The van der Waals surface area contributed by atoms with E-state index in [2.05, 4.69) is 40.5 Å². The summed E-state index contributed by atoms with van der Waals surface area (Å²) in [4.78, 5) is 78.8. The SMILES string of the molecule is COC(=O)NC(C(=O)N1CCC[C@H]1c1ncc(-c2ccc3c(c2)cc2n3C(c3cnc(CC(C)C)s3)Oc3cc(-c4cnc([C@@H]5CCCN5C(=O)[C@@H](NC(=O)OC)C(C)C)[nH]4)cc(F)c3-2)[nH]1)C1C[C@@H](C)O[C@@H](C)C1. The van der Waals surface area contributed by atoms with Crippen LogP contribution in [0.5, 0.6) is 5.75 Å². The van der Waals surface area contributed by atoms with Crippen molar-refractivity contribution < 1.29 is 42.5 Å². The van der Waals surface area contributed by atoms with Gasteiger partial charge in [-0.3, -0.25) is 14.2 Å². The van der Waals surface area contributed by atoms with Crippen LogP contribution in [-0.4, -0.2) is 115 Å². The van der Waals surface area contributed by atoms with Gasteiger partial charge in [-0.2, -0.15) is 0 Å². The van der Waals surface area contributed by atoms with E-state index in [-0.39, 0.29) is 47.9 Å². The number of thiazole rings is 1. The van der Waals surface area contributed by atoms with Crippen LogP contribution < -0.4 is 15.4 Å². The molecule has 4 aliphatic rings. The van der Waals surface area contributed by atoms with Crippen molar-refractivity contribution in [3.8, 4) is 39.5 Å². The van der Waals surface area contributed by atoms with Gasteiger partial charge in [0.2, 0.25) is 18.0 Å². The number of halogens is 1. The number of H-pyrrole nitrogens is 2. The number of imidazole rings is 2. The van der Waals surface area contributed by atoms with Crippen molar-refractivity contribution in [2.24, 2.45) is 17.8 Å². The summed E-state index contributed by atoms with van der Waals surface area (Å²) < 4.78 is 41.7. The molecule has 8 atom stereocenters. The van der Waals surface area contributed by atoms with Crippen LogP contribution in [0.3, 0.4) is 0 Å². The van der Waals surface area contributed by atoms with Crippen molar-refractivity contribution in [3.05, 3.63) is 82.3 Å². The molecule has 20 heteroatoms. The number of aromatic amines is 2. The Balaban J connectivity index is 0.955. The molecule has 4 N–H and O–H groups in total. The van der Waals surface area contributed by atoms with Crippen LogP contribution in [0, 0.1) is 23.6 Å². The molecule has 8 heterocycles. The summed E-state index contributed by atoms with van der Waals surface area (Å²) >= 11 is 1.58. The topological polar surface area (TPSA) is 211 Å². The van der Waals surface area contributed by atoms with E-state index in [0.29, 0.717) is 84.6 Å². The minimum atomic E-state index is -0.779. The molecular formula is C54H65FN10O8S. The van der Waals surface area contributed by atoms with Gasteiger partial charge in [0, 0.05) is 42.2 Å². The number of amides is 4. The Kier molecular flexibility index (Phi) is 14.3. The fourth-order valence-electron chi connectivity index (χ4n) is 11.5. The predicted molar refractivity (Wildman–Crippen MR) is 276 cm³/mol. The Bertz CT molecular complexity index is 3060. The molecule has 4 aliphatic heterocycles. The standard InChI is InChI=1S/C54H65FN10O8S/c1-27(2)17-44-56-26-43(74-44)52-65-38-14-13-31(36-24-57-48(59-36)40-12-10-16-64(40)51(67)47(62-54(69)71-8)34-18-29(5)72-30(6)19-34)20-33(38)22-41(65)45-35(55)21-32(23-42(45)73-52)37-25-58-49(60-37)39-11-9-15-63(39)50(66)46(28(3)4)61-53(68)70-7/h13-14,20-30,34,39-40,46-47,52H,9-12,15-19H2,1-8H3,(H,57,59)(H,58,60)(H,61,68)(H,62,69)/t29-,30+,34?,39-,40-,46-,47?,52?/m0/s1. The zero-order valence-electron chi connectivity index (χ0n) is 43.1. The largest absolute Gasteiger partial charge is 0.464 e. The van der Waals surface area contributed by atoms with E-state index in [0.717, 1.165) is 51.3 Å². The molecule has 0 spiro atoms. The molecule has 10 rings (SSSR count). The van der Waals surface area contributed by atoms with Gasteiger partial charge in [0.05, 0.1) is 89.0 Å². The van der Waals surface area contributed by atoms with Crippen molar-refractivity contribution in [2.75, 3.05) is 27.3 Å². The Labute approximate surface area is 433 Å². The molecule has 0 saturated carbocycles. The minimum Gasteiger partial charge on any atom is -0.464 e. The van der Waals surface area contributed by atoms with Gasteiger partial charge in [-0.1, -0.05) is 33.8 Å². The Hall–Kier alpha value is -6.80. The number of alkyl carbamates (subject to hydrolysis) is 2. The number of hydrogen-bond acceptors (Lipinski definition) is 12. The normalized spacial score (nSPS) is 22.4. The summed E-state index contributed by atoms with van der Waals surface area (Å²) in [6.45, 7) is 13.1. The van der Waals surface area contributed by atoms with Gasteiger partial charge in [-0.15, -0.1) is 11.3 Å². The molecule has 4 amide bonds. The fraction of sp³-hybridized carbons (Fsp3) is 0.500. The molecule has 3 unspecified atom stereocenters. The summed E-state index contributed by atoms with van der Waals surface area (Å²) in [5, 5.41) is 7.39. The van der Waals surface area contributed by atoms with E-state index in [4.69, 9.17) is 33.9 Å². The number of fused-ring (bicyclic) bond motifs is 5. The molecule has 3 saturated heterocycles. The van der Waals surface area contributed by atoms with Crippen molar-refractivity contribution in [1.29, 1.82) is 0 Å². The number of nitrogens with one attached hydrogen (secondary N) is 4. The number of methoxy groups -OCH3 is 2. The van der Waals surface area contributed by atoms with Crippen LogP contribution in [0.25, 0.3) is 44.7 Å². The highest BCUT2D eigenvalue weighted by atomic mass is 32.1. The second-order valence-corrected chi connectivity index (χ2v) is 22.1. The lowest BCUT2D eigenvalue weighted by Crippen LogP contribution is -2.54. The van der Waals surface area contributed by atoms with Crippen LogP contribution in [0.1, 0.15) is 120 Å². The molecule has 6 aromatic rings. The first-order chi connectivity index (χ1) is 35.6. The molecule has 4 aromatic heterocycles. The number of benzene rings is 2. The number of ether oxygens (including phenoxy) is 4. The zero-order valence-corrected chi connectivity index (χ0v) is 43.9. The van der Waals surface area contributed by atoms with E-state index < -0.39 is 36.3 Å². The first kappa shape index (κ1) is 50.7. The van der Waals surface area contributed by atoms with E-state index in [1.165, 1.54) is 20.3 Å². The van der Waals surface area contributed by atoms with E-state index in [1.54, 1.807) is 28.6 Å². The Morgan fingerprint density at radius 2 is 1.45 bits per heavy atom. The van der Waals surface area contributed by atoms with E-state index in [9.17, 15) is 19.2 Å². The second kappa shape index (κ2) is 20.8. The lowest BCUT2D eigenvalue weighted by Gasteiger charge is -2.38. The Morgan fingerprint density at radius 1 is 0.811 bits per heavy atom. The quantitative estimate of drug-likeness (QED) is 0.0856. The Morgan fingerprint density at radius 3 is 2.08 bits per heavy atom. The highest BCUT2D eigenvalue weighted by Gasteiger charge is 2.43. The van der Waals surface area contributed by atoms with Gasteiger partial charge in [0.1, 0.15) is 35.3 Å². The van der Waals surface area contributed by atoms with Gasteiger partial charge < -0.3 is 49.3 Å². The lowest BCUT2D eigenvalue weighted by atomic mass is 9.85. The summed E-state index contributed by atoms with van der Waals surface area (Å²) in [5.74, 6) is 0.806. The number of carbonyl (C=O) groups excluding carboxylic acids is 4. The third kappa shape index (κ3) is 9.85. The summed E-state index contributed by atoms with van der Waals surface area (Å²) in [7, 11) is 2.57. The smallest absolute Gasteiger partial charge is 0.407 e. The third-order valence-electron chi connectivity index (χ3n) is 14.9. The molecule has 392 valence electrons. The van der Waals surface area contributed by atoms with E-state index in [1.807, 2.05) is 67.6 Å². The zero-order chi connectivity index (χ0) is 52.1. The van der Waals surface area contributed by atoms with Gasteiger partial charge >= 0.3 is 12.2 Å². The van der Waals surface area contributed by atoms with Gasteiger partial charge in [-0.25, -0.2) is 28.9 Å². The first-order valence-electron chi connectivity index (χ1n) is 25.7. The van der Waals surface area contributed by atoms with Crippen LogP contribution >= 0.6 is 11.3 Å². The van der Waals surface area contributed by atoms with Crippen molar-refractivity contribution in [3.63, 3.8) is 0 Å².